The van der Waals surface area contributed by atoms with Gasteiger partial charge in [-0.3, -0.25) is 0 Å². The summed E-state index contributed by atoms with van der Waals surface area (Å²) >= 11 is 0. The summed E-state index contributed by atoms with van der Waals surface area (Å²) in [4.78, 5) is 0. The summed E-state index contributed by atoms with van der Waals surface area (Å²) in [5.74, 6) is 0. The molecule has 10 nitrogen and oxygen atoms in total. The Hall–Kier alpha value is -2.74. The standard InChI is InChI=1S/C35H44O10/c1-37-31-30(27(19-36)44-34(39-3)32(31)38-2)45-35-33(42-22-26-17-11-6-12-18-26)29(41-21-25-15-9-5-10-16-25)28(23-43-35)40-20-24-13-7-4-8-14-24/h4-18,27-36H,19-23H2,1-3H3/t27-,28+,29+,30-,31+,32-,33-,34+,35+/m1/s1. The van der Waals surface area contributed by atoms with Crippen molar-refractivity contribution < 1.29 is 47.7 Å². The minimum absolute atomic E-state index is 0.186. The van der Waals surface area contributed by atoms with E-state index in [1.807, 2.05) is 91.0 Å². The second kappa shape index (κ2) is 17.3. The highest BCUT2D eigenvalue weighted by atomic mass is 16.8. The Morgan fingerprint density at radius 3 is 1.58 bits per heavy atom. The van der Waals surface area contributed by atoms with Gasteiger partial charge < -0.3 is 47.7 Å². The van der Waals surface area contributed by atoms with E-state index in [4.69, 9.17) is 42.6 Å². The third-order valence-corrected chi connectivity index (χ3v) is 8.10. The van der Waals surface area contributed by atoms with Gasteiger partial charge in [-0.15, -0.1) is 0 Å². The lowest BCUT2D eigenvalue weighted by Crippen LogP contribution is -2.64. The van der Waals surface area contributed by atoms with Crippen molar-refractivity contribution in [2.45, 2.75) is 75.1 Å². The third kappa shape index (κ3) is 8.75. The first-order chi connectivity index (χ1) is 22.1. The summed E-state index contributed by atoms with van der Waals surface area (Å²) in [7, 11) is 4.62. The fraction of sp³-hybridized carbons (Fsp3) is 0.486. The predicted octanol–water partition coefficient (Wildman–Crippen LogP) is 3.88. The van der Waals surface area contributed by atoms with Crippen LogP contribution in [0.4, 0.5) is 0 Å². The van der Waals surface area contributed by atoms with E-state index >= 15 is 0 Å². The van der Waals surface area contributed by atoms with Crippen molar-refractivity contribution in [2.24, 2.45) is 0 Å². The van der Waals surface area contributed by atoms with E-state index < -0.39 is 55.3 Å². The van der Waals surface area contributed by atoms with Crippen LogP contribution in [0.15, 0.2) is 91.0 Å². The average molecular weight is 625 g/mol. The summed E-state index contributed by atoms with van der Waals surface area (Å²) in [6.45, 7) is 0.851. The Bertz CT molecular complexity index is 1230. The molecule has 0 amide bonds. The third-order valence-electron chi connectivity index (χ3n) is 8.10. The van der Waals surface area contributed by atoms with Crippen LogP contribution in [0, 0.1) is 0 Å². The largest absolute Gasteiger partial charge is 0.394 e. The molecule has 45 heavy (non-hydrogen) atoms. The van der Waals surface area contributed by atoms with Crippen molar-refractivity contribution in [3.05, 3.63) is 108 Å². The summed E-state index contributed by atoms with van der Waals surface area (Å²) in [6.07, 6.45) is -6.24. The van der Waals surface area contributed by atoms with E-state index in [1.165, 1.54) is 7.11 Å². The van der Waals surface area contributed by atoms with Crippen molar-refractivity contribution in [2.75, 3.05) is 34.5 Å². The van der Waals surface area contributed by atoms with Gasteiger partial charge in [0.15, 0.2) is 12.6 Å². The molecule has 0 spiro atoms. The van der Waals surface area contributed by atoms with Gasteiger partial charge in [0.05, 0.1) is 33.0 Å². The number of aliphatic hydroxyl groups is 1. The van der Waals surface area contributed by atoms with Crippen LogP contribution in [-0.2, 0) is 62.5 Å². The highest BCUT2D eigenvalue weighted by Gasteiger charge is 2.51. The normalized spacial score (nSPS) is 30.3. The molecule has 3 aromatic carbocycles. The van der Waals surface area contributed by atoms with Gasteiger partial charge in [0.25, 0.3) is 0 Å². The maximum absolute atomic E-state index is 10.3. The molecule has 0 aliphatic carbocycles. The van der Waals surface area contributed by atoms with Gasteiger partial charge in [-0.1, -0.05) is 91.0 Å². The summed E-state index contributed by atoms with van der Waals surface area (Å²) in [5, 5.41) is 10.3. The zero-order valence-corrected chi connectivity index (χ0v) is 26.0. The summed E-state index contributed by atoms with van der Waals surface area (Å²) < 4.78 is 55.7. The van der Waals surface area contributed by atoms with Crippen molar-refractivity contribution in [3.8, 4) is 0 Å². The van der Waals surface area contributed by atoms with Crippen molar-refractivity contribution in [1.82, 2.24) is 0 Å². The van der Waals surface area contributed by atoms with E-state index in [1.54, 1.807) is 14.2 Å². The van der Waals surface area contributed by atoms with Crippen LogP contribution in [0.25, 0.3) is 0 Å². The maximum Gasteiger partial charge on any atom is 0.187 e. The van der Waals surface area contributed by atoms with Gasteiger partial charge in [-0.25, -0.2) is 0 Å². The Kier molecular flexibility index (Phi) is 12.9. The number of rotatable bonds is 15. The summed E-state index contributed by atoms with van der Waals surface area (Å²) in [6, 6.07) is 29.8. The second-order valence-electron chi connectivity index (χ2n) is 11.0. The molecule has 244 valence electrons. The Labute approximate surface area is 265 Å². The highest BCUT2D eigenvalue weighted by Crippen LogP contribution is 2.33. The van der Waals surface area contributed by atoms with Crippen molar-refractivity contribution in [1.29, 1.82) is 0 Å². The molecule has 0 radical (unpaired) electrons. The van der Waals surface area contributed by atoms with Crippen LogP contribution < -0.4 is 0 Å². The number of benzene rings is 3. The van der Waals surface area contributed by atoms with E-state index in [2.05, 4.69) is 0 Å². The molecule has 0 saturated carbocycles. The van der Waals surface area contributed by atoms with E-state index in [9.17, 15) is 5.11 Å². The molecule has 5 rings (SSSR count). The SMILES string of the molecule is CO[C@H]1O[C@H](CO)[C@@H](O[C@@H]2OC[C@H](OCc3ccccc3)[C@H](OCc3ccccc3)[C@H]2OCc2ccccc2)[C@H](OC)[C@H]1OC. The molecule has 2 fully saturated rings. The number of ether oxygens (including phenoxy) is 9. The molecule has 2 heterocycles. The molecule has 9 atom stereocenters. The van der Waals surface area contributed by atoms with E-state index in [0.29, 0.717) is 13.2 Å². The Balaban J connectivity index is 1.42. The quantitative estimate of drug-likeness (QED) is 0.268. The predicted molar refractivity (Wildman–Crippen MR) is 164 cm³/mol. The molecule has 3 aromatic rings. The molecular weight excluding hydrogens is 580 g/mol. The van der Waals surface area contributed by atoms with Crippen LogP contribution in [-0.4, -0.2) is 95.0 Å². The fourth-order valence-corrected chi connectivity index (χ4v) is 5.74. The topological polar surface area (TPSA) is 103 Å². The maximum atomic E-state index is 10.3. The first-order valence-electron chi connectivity index (χ1n) is 15.2. The Morgan fingerprint density at radius 2 is 1.09 bits per heavy atom. The number of hydrogen-bond donors (Lipinski definition) is 1. The molecule has 2 saturated heterocycles. The lowest BCUT2D eigenvalue weighted by Gasteiger charge is -2.47. The van der Waals surface area contributed by atoms with Crippen LogP contribution in [0.1, 0.15) is 16.7 Å². The van der Waals surface area contributed by atoms with Gasteiger partial charge in [0, 0.05) is 21.3 Å². The zero-order chi connectivity index (χ0) is 31.4. The number of methoxy groups -OCH3 is 3. The van der Waals surface area contributed by atoms with Crippen LogP contribution in [0.3, 0.4) is 0 Å². The van der Waals surface area contributed by atoms with Gasteiger partial charge in [-0.2, -0.15) is 0 Å². The molecule has 1 N–H and O–H groups in total. The average Bonchev–Trinajstić information content (AvgIpc) is 3.10. The smallest absolute Gasteiger partial charge is 0.187 e. The monoisotopic (exact) mass is 624 g/mol. The van der Waals surface area contributed by atoms with Gasteiger partial charge in [-0.05, 0) is 16.7 Å². The van der Waals surface area contributed by atoms with Crippen molar-refractivity contribution in [3.63, 3.8) is 0 Å². The van der Waals surface area contributed by atoms with Crippen LogP contribution >= 0.6 is 0 Å². The Morgan fingerprint density at radius 1 is 0.578 bits per heavy atom. The first-order valence-corrected chi connectivity index (χ1v) is 15.2. The fourth-order valence-electron chi connectivity index (χ4n) is 5.74. The lowest BCUT2D eigenvalue weighted by molar-refractivity contribution is -0.358. The zero-order valence-electron chi connectivity index (χ0n) is 26.0. The molecule has 0 unspecified atom stereocenters. The van der Waals surface area contributed by atoms with Crippen LogP contribution in [0.2, 0.25) is 0 Å². The molecule has 10 heteroatoms. The highest BCUT2D eigenvalue weighted by molar-refractivity contribution is 5.15. The molecule has 2 aliphatic rings. The molecular formula is C35H44O10. The lowest BCUT2D eigenvalue weighted by atomic mass is 9.97. The first kappa shape index (κ1) is 33.6. The minimum atomic E-state index is -0.914. The molecule has 2 aliphatic heterocycles. The minimum Gasteiger partial charge on any atom is -0.394 e. The van der Waals surface area contributed by atoms with Crippen LogP contribution in [0.5, 0.6) is 0 Å². The van der Waals surface area contributed by atoms with E-state index in [-0.39, 0.29) is 19.8 Å². The molecule has 0 aromatic heterocycles. The van der Waals surface area contributed by atoms with Crippen molar-refractivity contribution >= 4 is 0 Å². The van der Waals surface area contributed by atoms with Gasteiger partial charge in [0.1, 0.15) is 42.7 Å². The number of aliphatic hydroxyl groups excluding tert-OH is 1. The second-order valence-corrected chi connectivity index (χ2v) is 11.0. The van der Waals surface area contributed by atoms with E-state index in [0.717, 1.165) is 16.7 Å². The summed E-state index contributed by atoms with van der Waals surface area (Å²) in [5.41, 5.74) is 3.03. The van der Waals surface area contributed by atoms with Gasteiger partial charge in [0.2, 0.25) is 0 Å². The molecule has 0 bridgehead atoms. The van der Waals surface area contributed by atoms with Gasteiger partial charge >= 0.3 is 0 Å². The number of hydrogen-bond acceptors (Lipinski definition) is 10.